The fourth-order valence-electron chi connectivity index (χ4n) is 3.65. The maximum atomic E-state index is 12.4. The van der Waals surface area contributed by atoms with Gasteiger partial charge in [-0.1, -0.05) is 0 Å². The second kappa shape index (κ2) is 9.15. The van der Waals surface area contributed by atoms with E-state index in [-0.39, 0.29) is 30.9 Å². The number of rotatable bonds is 7. The lowest BCUT2D eigenvalue weighted by Gasteiger charge is -2.26. The van der Waals surface area contributed by atoms with Crippen LogP contribution in [0, 0.1) is 20.8 Å². The van der Waals surface area contributed by atoms with E-state index < -0.39 is 24.0 Å². The van der Waals surface area contributed by atoms with E-state index in [4.69, 9.17) is 9.47 Å². The normalized spacial score (nSPS) is 16.2. The maximum absolute atomic E-state index is 12.4. The number of ether oxygens (including phenoxy) is 2. The summed E-state index contributed by atoms with van der Waals surface area (Å²) in [6.07, 6.45) is 0.561. The van der Waals surface area contributed by atoms with Gasteiger partial charge in [-0.15, -0.1) is 0 Å². The van der Waals surface area contributed by atoms with Crippen LogP contribution in [0.5, 0.6) is 0 Å². The zero-order chi connectivity index (χ0) is 22.7. The second-order valence-electron chi connectivity index (χ2n) is 7.41. The zero-order valence-corrected chi connectivity index (χ0v) is 18.4. The summed E-state index contributed by atoms with van der Waals surface area (Å²) in [6, 6.07) is 0.884. The summed E-state index contributed by atoms with van der Waals surface area (Å²) in [7, 11) is 0. The summed E-state index contributed by atoms with van der Waals surface area (Å²) in [5.41, 5.74) is 4.81. The molecule has 2 N–H and O–H groups in total. The quantitative estimate of drug-likeness (QED) is 0.641. The van der Waals surface area contributed by atoms with Gasteiger partial charge in [0, 0.05) is 23.9 Å². The molecule has 10 heteroatoms. The number of amides is 2. The van der Waals surface area contributed by atoms with Gasteiger partial charge in [-0.3, -0.25) is 4.79 Å². The van der Waals surface area contributed by atoms with Crippen molar-refractivity contribution in [3.05, 3.63) is 40.0 Å². The molecule has 0 bridgehead atoms. The third-order valence-corrected chi connectivity index (χ3v) is 5.11. The van der Waals surface area contributed by atoms with Crippen molar-refractivity contribution in [2.24, 2.45) is 0 Å². The standard InChI is InChI=1S/C21H27N5O5/c1-6-30-20(28)19-13(4)23-21(29)24-16(19)10-31-18(27)8-7-15-12(3)22-17-9-11(2)25-26(17)14(15)5/h9,13H,6-8,10H2,1-5H3,(H2,23,24,29)/t13-/m1/s1. The molecule has 0 spiro atoms. The third kappa shape index (κ3) is 4.84. The number of carbonyl (C=O) groups is 3. The highest BCUT2D eigenvalue weighted by Crippen LogP contribution is 2.18. The first-order valence-electron chi connectivity index (χ1n) is 10.2. The average Bonchev–Trinajstić information content (AvgIpc) is 3.06. The summed E-state index contributed by atoms with van der Waals surface area (Å²) in [5, 5.41) is 9.57. The van der Waals surface area contributed by atoms with Crippen LogP contribution < -0.4 is 10.6 Å². The van der Waals surface area contributed by atoms with Crippen molar-refractivity contribution >= 4 is 23.6 Å². The lowest BCUT2D eigenvalue weighted by Crippen LogP contribution is -2.50. The topological polar surface area (TPSA) is 124 Å². The van der Waals surface area contributed by atoms with E-state index in [0.717, 1.165) is 28.3 Å². The Morgan fingerprint density at radius 3 is 2.68 bits per heavy atom. The Morgan fingerprint density at radius 2 is 1.97 bits per heavy atom. The second-order valence-corrected chi connectivity index (χ2v) is 7.41. The van der Waals surface area contributed by atoms with Gasteiger partial charge in [0.15, 0.2) is 5.65 Å². The minimum atomic E-state index is -0.561. The molecule has 0 aromatic carbocycles. The Morgan fingerprint density at radius 1 is 1.23 bits per heavy atom. The van der Waals surface area contributed by atoms with E-state index in [1.807, 2.05) is 26.8 Å². The molecule has 0 saturated heterocycles. The van der Waals surface area contributed by atoms with Gasteiger partial charge in [0.1, 0.15) is 6.61 Å². The summed E-state index contributed by atoms with van der Waals surface area (Å²) >= 11 is 0. The zero-order valence-electron chi connectivity index (χ0n) is 18.4. The van der Waals surface area contributed by atoms with Gasteiger partial charge in [0.25, 0.3) is 0 Å². The van der Waals surface area contributed by atoms with Crippen LogP contribution in [0.3, 0.4) is 0 Å². The van der Waals surface area contributed by atoms with Crippen molar-refractivity contribution in [2.45, 2.75) is 53.5 Å². The SMILES string of the molecule is CCOC(=O)C1=C(COC(=O)CCc2c(C)nc3cc(C)nn3c2C)NC(=O)N[C@@H]1C. The van der Waals surface area contributed by atoms with Crippen LogP contribution in [-0.4, -0.2) is 51.8 Å². The van der Waals surface area contributed by atoms with Crippen molar-refractivity contribution in [2.75, 3.05) is 13.2 Å². The number of urea groups is 1. The monoisotopic (exact) mass is 429 g/mol. The Labute approximate surface area is 180 Å². The molecule has 2 aromatic heterocycles. The van der Waals surface area contributed by atoms with Crippen LogP contribution in [0.4, 0.5) is 4.79 Å². The highest BCUT2D eigenvalue weighted by Gasteiger charge is 2.30. The summed E-state index contributed by atoms with van der Waals surface area (Å²) in [5.74, 6) is -1.01. The fourth-order valence-corrected chi connectivity index (χ4v) is 3.65. The van der Waals surface area contributed by atoms with Crippen LogP contribution in [0.1, 0.15) is 42.9 Å². The van der Waals surface area contributed by atoms with Gasteiger partial charge in [-0.05, 0) is 46.6 Å². The van der Waals surface area contributed by atoms with Gasteiger partial charge < -0.3 is 20.1 Å². The third-order valence-electron chi connectivity index (χ3n) is 5.11. The van der Waals surface area contributed by atoms with E-state index in [0.29, 0.717) is 6.42 Å². The molecule has 1 aliphatic heterocycles. The van der Waals surface area contributed by atoms with Crippen molar-refractivity contribution in [3.63, 3.8) is 0 Å². The largest absolute Gasteiger partial charge is 0.463 e. The molecule has 1 atom stereocenters. The predicted molar refractivity (Wildman–Crippen MR) is 111 cm³/mol. The molecule has 31 heavy (non-hydrogen) atoms. The number of aryl methyl sites for hydroxylation is 3. The molecule has 3 heterocycles. The first-order valence-corrected chi connectivity index (χ1v) is 10.2. The van der Waals surface area contributed by atoms with Crippen molar-refractivity contribution in [3.8, 4) is 0 Å². The molecule has 0 fully saturated rings. The summed E-state index contributed by atoms with van der Waals surface area (Å²) < 4.78 is 12.2. The smallest absolute Gasteiger partial charge is 0.338 e. The summed E-state index contributed by atoms with van der Waals surface area (Å²) in [6.45, 7) is 9.08. The number of fused-ring (bicyclic) bond motifs is 1. The van der Waals surface area contributed by atoms with E-state index >= 15 is 0 Å². The number of nitrogens with one attached hydrogen (secondary N) is 2. The van der Waals surface area contributed by atoms with Crippen molar-refractivity contribution in [1.29, 1.82) is 0 Å². The molecule has 0 radical (unpaired) electrons. The molecule has 1 aliphatic rings. The van der Waals surface area contributed by atoms with Gasteiger partial charge in [0.05, 0.1) is 29.6 Å². The van der Waals surface area contributed by atoms with E-state index in [2.05, 4.69) is 20.7 Å². The average molecular weight is 429 g/mol. The maximum Gasteiger partial charge on any atom is 0.338 e. The molecular weight excluding hydrogens is 402 g/mol. The number of esters is 2. The minimum absolute atomic E-state index is 0.124. The number of aromatic nitrogens is 3. The first-order chi connectivity index (χ1) is 14.7. The van der Waals surface area contributed by atoms with Gasteiger partial charge in [-0.25, -0.2) is 19.1 Å². The molecule has 0 aliphatic carbocycles. The Bertz CT molecular complexity index is 1070. The number of hydrogen-bond donors (Lipinski definition) is 2. The van der Waals surface area contributed by atoms with Crippen LogP contribution in [0.2, 0.25) is 0 Å². The lowest BCUT2D eigenvalue weighted by molar-refractivity contribution is -0.143. The van der Waals surface area contributed by atoms with Gasteiger partial charge >= 0.3 is 18.0 Å². The molecule has 10 nitrogen and oxygen atoms in total. The molecule has 3 rings (SSSR count). The van der Waals surface area contributed by atoms with E-state index in [1.165, 1.54) is 0 Å². The highest BCUT2D eigenvalue weighted by molar-refractivity contribution is 5.94. The number of hydrogen-bond acceptors (Lipinski definition) is 7. The predicted octanol–water partition coefficient (Wildman–Crippen LogP) is 1.65. The first kappa shape index (κ1) is 22.3. The Hall–Kier alpha value is -3.43. The van der Waals surface area contributed by atoms with Crippen molar-refractivity contribution in [1.82, 2.24) is 25.2 Å². The van der Waals surface area contributed by atoms with Gasteiger partial charge in [0.2, 0.25) is 0 Å². The van der Waals surface area contributed by atoms with Crippen LogP contribution in [0.25, 0.3) is 5.65 Å². The van der Waals surface area contributed by atoms with E-state index in [9.17, 15) is 14.4 Å². The number of nitrogens with zero attached hydrogens (tertiary/aromatic N) is 3. The van der Waals surface area contributed by atoms with Gasteiger partial charge in [-0.2, -0.15) is 5.10 Å². The van der Waals surface area contributed by atoms with Crippen molar-refractivity contribution < 1.29 is 23.9 Å². The molecule has 166 valence electrons. The van der Waals surface area contributed by atoms with Crippen LogP contribution >= 0.6 is 0 Å². The molecule has 2 amide bonds. The van der Waals surface area contributed by atoms with Crippen LogP contribution in [-0.2, 0) is 25.5 Å². The fraction of sp³-hybridized carbons (Fsp3) is 0.476. The molecule has 2 aromatic rings. The lowest BCUT2D eigenvalue weighted by atomic mass is 10.0. The molecule has 0 unspecified atom stereocenters. The minimum Gasteiger partial charge on any atom is -0.463 e. The van der Waals surface area contributed by atoms with Crippen LogP contribution in [0.15, 0.2) is 17.3 Å². The van der Waals surface area contributed by atoms with E-state index in [1.54, 1.807) is 18.4 Å². The molecule has 0 saturated carbocycles. The highest BCUT2D eigenvalue weighted by atomic mass is 16.5. The summed E-state index contributed by atoms with van der Waals surface area (Å²) in [4.78, 5) is 41.0. The Kier molecular flexibility index (Phi) is 6.57. The molecular formula is C21H27N5O5. The number of carbonyl (C=O) groups excluding carboxylic acids is 3. The Balaban J connectivity index is 1.68.